The van der Waals surface area contributed by atoms with Gasteiger partial charge < -0.3 is 15.5 Å². The lowest BCUT2D eigenvalue weighted by Crippen LogP contribution is -2.29. The fourth-order valence-corrected chi connectivity index (χ4v) is 3.27. The average molecular weight is 378 g/mol. The van der Waals surface area contributed by atoms with Crippen molar-refractivity contribution >= 4 is 46.2 Å². The van der Waals surface area contributed by atoms with Crippen LogP contribution >= 0.6 is 23.2 Å². The molecule has 0 saturated carbocycles. The first-order valence-corrected chi connectivity index (χ1v) is 9.22. The quantitative estimate of drug-likeness (QED) is 0.767. The summed E-state index contributed by atoms with van der Waals surface area (Å²) in [5.74, 6) is -0.177. The maximum absolute atomic E-state index is 12.1. The van der Waals surface area contributed by atoms with E-state index in [0.717, 1.165) is 18.8 Å². The van der Waals surface area contributed by atoms with Crippen molar-refractivity contribution in [3.63, 3.8) is 0 Å². The summed E-state index contributed by atoms with van der Waals surface area (Å²) in [6.07, 6.45) is 3.83. The summed E-state index contributed by atoms with van der Waals surface area (Å²) < 4.78 is 0. The summed E-state index contributed by atoms with van der Waals surface area (Å²) in [7, 11) is 0. The first kappa shape index (κ1) is 17.9. The molecule has 1 heterocycles. The molecule has 0 atom stereocenters. The molecule has 0 unspecified atom stereocenters. The van der Waals surface area contributed by atoms with Gasteiger partial charge in [-0.1, -0.05) is 29.3 Å². The van der Waals surface area contributed by atoms with Gasteiger partial charge in [0.2, 0.25) is 5.91 Å². The van der Waals surface area contributed by atoms with Gasteiger partial charge in [-0.25, -0.2) is 0 Å². The highest BCUT2D eigenvalue weighted by molar-refractivity contribution is 6.44. The van der Waals surface area contributed by atoms with Crippen molar-refractivity contribution in [1.82, 2.24) is 0 Å². The predicted molar refractivity (Wildman–Crippen MR) is 106 cm³/mol. The number of rotatable bonds is 5. The van der Waals surface area contributed by atoms with Crippen LogP contribution < -0.4 is 15.5 Å². The largest absolute Gasteiger partial charge is 0.376 e. The van der Waals surface area contributed by atoms with Gasteiger partial charge in [0.05, 0.1) is 22.3 Å². The molecular weight excluding hydrogens is 357 g/mol. The molecule has 2 aromatic carbocycles. The van der Waals surface area contributed by atoms with E-state index < -0.39 is 0 Å². The zero-order valence-electron chi connectivity index (χ0n) is 13.9. The molecule has 2 N–H and O–H groups in total. The second kappa shape index (κ2) is 8.45. The van der Waals surface area contributed by atoms with Gasteiger partial charge in [0.1, 0.15) is 0 Å². The van der Waals surface area contributed by atoms with E-state index in [-0.39, 0.29) is 12.5 Å². The molecule has 132 valence electrons. The van der Waals surface area contributed by atoms with Crippen molar-refractivity contribution in [2.45, 2.75) is 19.3 Å². The van der Waals surface area contributed by atoms with Crippen LogP contribution in [0.15, 0.2) is 42.5 Å². The summed E-state index contributed by atoms with van der Waals surface area (Å²) >= 11 is 12.0. The smallest absolute Gasteiger partial charge is 0.243 e. The molecule has 6 heteroatoms. The number of nitrogens with zero attached hydrogens (tertiary/aromatic N) is 1. The van der Waals surface area contributed by atoms with Crippen molar-refractivity contribution < 1.29 is 4.79 Å². The molecule has 1 amide bonds. The van der Waals surface area contributed by atoms with Crippen LogP contribution in [0.2, 0.25) is 10.0 Å². The number of piperidine rings is 1. The van der Waals surface area contributed by atoms with Crippen LogP contribution in [-0.2, 0) is 4.79 Å². The van der Waals surface area contributed by atoms with E-state index >= 15 is 0 Å². The van der Waals surface area contributed by atoms with Crippen LogP contribution in [0, 0.1) is 0 Å². The Hall–Kier alpha value is -1.91. The Kier molecular flexibility index (Phi) is 6.05. The molecule has 1 aliphatic heterocycles. The van der Waals surface area contributed by atoms with Crippen LogP contribution in [0.25, 0.3) is 0 Å². The molecule has 1 saturated heterocycles. The third-order valence-corrected chi connectivity index (χ3v) is 5.09. The Labute approximate surface area is 158 Å². The molecule has 2 aromatic rings. The lowest BCUT2D eigenvalue weighted by Gasteiger charge is -2.28. The van der Waals surface area contributed by atoms with Gasteiger partial charge in [0.15, 0.2) is 0 Å². The first-order valence-electron chi connectivity index (χ1n) is 8.46. The number of anilines is 3. The molecule has 1 aliphatic rings. The maximum Gasteiger partial charge on any atom is 0.243 e. The number of hydrogen-bond acceptors (Lipinski definition) is 3. The fourth-order valence-electron chi connectivity index (χ4n) is 2.92. The molecular formula is C19H21Cl2N3O. The number of carbonyl (C=O) groups is 1. The van der Waals surface area contributed by atoms with Gasteiger partial charge in [0.25, 0.3) is 0 Å². The van der Waals surface area contributed by atoms with E-state index in [1.54, 1.807) is 18.2 Å². The van der Waals surface area contributed by atoms with E-state index in [0.29, 0.717) is 15.7 Å². The van der Waals surface area contributed by atoms with Crippen LogP contribution in [0.4, 0.5) is 17.1 Å². The van der Waals surface area contributed by atoms with Gasteiger partial charge in [-0.2, -0.15) is 0 Å². The van der Waals surface area contributed by atoms with Gasteiger partial charge in [-0.05, 0) is 55.7 Å². The number of hydrogen-bond donors (Lipinski definition) is 2. The minimum absolute atomic E-state index is 0.159. The SMILES string of the molecule is O=C(CNc1ccc(N2CCCCC2)cc1)Nc1cccc(Cl)c1Cl. The molecule has 0 bridgehead atoms. The number of benzene rings is 2. The van der Waals surface area contributed by atoms with Crippen molar-refractivity contribution in [1.29, 1.82) is 0 Å². The lowest BCUT2D eigenvalue weighted by molar-refractivity contribution is -0.114. The van der Waals surface area contributed by atoms with Crippen LogP contribution in [0.5, 0.6) is 0 Å². The zero-order valence-corrected chi connectivity index (χ0v) is 15.4. The monoisotopic (exact) mass is 377 g/mol. The van der Waals surface area contributed by atoms with Gasteiger partial charge >= 0.3 is 0 Å². The first-order chi connectivity index (χ1) is 12.1. The fraction of sp³-hybridized carbons (Fsp3) is 0.316. The molecule has 0 aliphatic carbocycles. The topological polar surface area (TPSA) is 44.4 Å². The Bertz CT molecular complexity index is 728. The lowest BCUT2D eigenvalue weighted by atomic mass is 10.1. The number of nitrogens with one attached hydrogen (secondary N) is 2. The summed E-state index contributed by atoms with van der Waals surface area (Å²) in [4.78, 5) is 14.5. The van der Waals surface area contributed by atoms with Crippen LogP contribution in [-0.4, -0.2) is 25.5 Å². The highest BCUT2D eigenvalue weighted by Crippen LogP contribution is 2.29. The second-order valence-corrected chi connectivity index (χ2v) is 6.88. The molecule has 0 aromatic heterocycles. The molecule has 3 rings (SSSR count). The minimum atomic E-state index is -0.177. The highest BCUT2D eigenvalue weighted by Gasteiger charge is 2.11. The maximum atomic E-state index is 12.1. The molecule has 4 nitrogen and oxygen atoms in total. The highest BCUT2D eigenvalue weighted by atomic mass is 35.5. The Morgan fingerprint density at radius 1 is 1.00 bits per heavy atom. The van der Waals surface area contributed by atoms with E-state index in [4.69, 9.17) is 23.2 Å². The minimum Gasteiger partial charge on any atom is -0.376 e. The van der Waals surface area contributed by atoms with Crippen molar-refractivity contribution in [3.05, 3.63) is 52.5 Å². The Balaban J connectivity index is 1.52. The normalized spacial score (nSPS) is 14.2. The molecule has 1 fully saturated rings. The van der Waals surface area contributed by atoms with Gasteiger partial charge in [-0.15, -0.1) is 0 Å². The van der Waals surface area contributed by atoms with Crippen molar-refractivity contribution in [2.75, 3.05) is 35.2 Å². The Morgan fingerprint density at radius 3 is 2.44 bits per heavy atom. The third-order valence-electron chi connectivity index (χ3n) is 4.27. The number of carbonyl (C=O) groups excluding carboxylic acids is 1. The van der Waals surface area contributed by atoms with Crippen molar-refractivity contribution in [3.8, 4) is 0 Å². The zero-order chi connectivity index (χ0) is 17.6. The molecule has 0 spiro atoms. The second-order valence-electron chi connectivity index (χ2n) is 6.10. The van der Waals surface area contributed by atoms with E-state index in [1.165, 1.54) is 24.9 Å². The third kappa shape index (κ3) is 4.80. The summed E-state index contributed by atoms with van der Waals surface area (Å²) in [5, 5.41) is 6.65. The molecule has 25 heavy (non-hydrogen) atoms. The molecule has 0 radical (unpaired) electrons. The van der Waals surface area contributed by atoms with Gasteiger partial charge in [0, 0.05) is 24.5 Å². The van der Waals surface area contributed by atoms with E-state index in [2.05, 4.69) is 27.7 Å². The summed E-state index contributed by atoms with van der Waals surface area (Å²) in [6.45, 7) is 2.40. The van der Waals surface area contributed by atoms with Crippen LogP contribution in [0.1, 0.15) is 19.3 Å². The Morgan fingerprint density at radius 2 is 1.72 bits per heavy atom. The van der Waals surface area contributed by atoms with Crippen molar-refractivity contribution in [2.24, 2.45) is 0 Å². The standard InChI is InChI=1S/C19H21Cl2N3O/c20-16-5-4-6-17(19(16)21)23-18(25)13-22-14-7-9-15(10-8-14)24-11-2-1-3-12-24/h4-10,22H,1-3,11-13H2,(H,23,25). The number of halogens is 2. The summed E-state index contributed by atoms with van der Waals surface area (Å²) in [6, 6.07) is 13.4. The number of amides is 1. The predicted octanol–water partition coefficient (Wildman–Crippen LogP) is 5.03. The van der Waals surface area contributed by atoms with Gasteiger partial charge in [-0.3, -0.25) is 4.79 Å². The summed E-state index contributed by atoms with van der Waals surface area (Å²) in [5.41, 5.74) is 2.66. The average Bonchev–Trinajstić information content (AvgIpc) is 2.65. The van der Waals surface area contributed by atoms with E-state index in [1.807, 2.05) is 12.1 Å². The van der Waals surface area contributed by atoms with E-state index in [9.17, 15) is 4.79 Å². The van der Waals surface area contributed by atoms with Crippen LogP contribution in [0.3, 0.4) is 0 Å².